The summed E-state index contributed by atoms with van der Waals surface area (Å²) in [5.41, 5.74) is 0.479. The Labute approximate surface area is 88.1 Å². The van der Waals surface area contributed by atoms with Gasteiger partial charge in [0.05, 0.1) is 6.54 Å². The van der Waals surface area contributed by atoms with Crippen molar-refractivity contribution in [1.82, 2.24) is 10.2 Å². The standard InChI is InChI=1S/C12H22N2/c1-4-9-14(6-3)11-12(5-2)7-8-13-10-12/h1,13H,5-11H2,2-3H3. The molecular weight excluding hydrogens is 172 g/mol. The van der Waals surface area contributed by atoms with Crippen LogP contribution in [-0.4, -0.2) is 37.6 Å². The Morgan fingerprint density at radius 1 is 1.50 bits per heavy atom. The first-order valence-corrected chi connectivity index (χ1v) is 5.63. The third-order valence-electron chi connectivity index (χ3n) is 3.40. The predicted octanol–water partition coefficient (Wildman–Crippen LogP) is 1.33. The Bertz CT molecular complexity index is 199. The van der Waals surface area contributed by atoms with E-state index >= 15 is 0 Å². The molecule has 1 rings (SSSR count). The Hall–Kier alpha value is -0.520. The zero-order chi connectivity index (χ0) is 10.4. The largest absolute Gasteiger partial charge is 0.316 e. The van der Waals surface area contributed by atoms with E-state index in [1.54, 1.807) is 0 Å². The van der Waals surface area contributed by atoms with Gasteiger partial charge in [0.15, 0.2) is 0 Å². The Morgan fingerprint density at radius 2 is 2.29 bits per heavy atom. The topological polar surface area (TPSA) is 15.3 Å². The smallest absolute Gasteiger partial charge is 0.0599 e. The highest BCUT2D eigenvalue weighted by Gasteiger charge is 2.33. The Kier molecular flexibility index (Phi) is 4.44. The highest BCUT2D eigenvalue weighted by atomic mass is 15.1. The maximum absolute atomic E-state index is 5.36. The Morgan fingerprint density at radius 3 is 2.71 bits per heavy atom. The molecule has 1 aliphatic heterocycles. The zero-order valence-electron chi connectivity index (χ0n) is 9.47. The molecule has 1 saturated heterocycles. The van der Waals surface area contributed by atoms with Crippen molar-refractivity contribution >= 4 is 0 Å². The summed E-state index contributed by atoms with van der Waals surface area (Å²) >= 11 is 0. The summed E-state index contributed by atoms with van der Waals surface area (Å²) in [5.74, 6) is 2.74. The molecule has 1 atom stereocenters. The van der Waals surface area contributed by atoms with E-state index in [9.17, 15) is 0 Å². The highest BCUT2D eigenvalue weighted by molar-refractivity contribution is 4.93. The Balaban J connectivity index is 2.50. The first kappa shape index (κ1) is 11.6. The van der Waals surface area contributed by atoms with Gasteiger partial charge in [-0.3, -0.25) is 4.90 Å². The lowest BCUT2D eigenvalue weighted by Gasteiger charge is -2.32. The molecule has 0 aromatic carbocycles. The molecule has 0 bridgehead atoms. The summed E-state index contributed by atoms with van der Waals surface area (Å²) in [6.45, 7) is 9.80. The number of hydrogen-bond acceptors (Lipinski definition) is 2. The van der Waals surface area contributed by atoms with Crippen molar-refractivity contribution in [3.05, 3.63) is 0 Å². The zero-order valence-corrected chi connectivity index (χ0v) is 9.47. The third kappa shape index (κ3) is 2.73. The van der Waals surface area contributed by atoms with E-state index in [0.29, 0.717) is 5.41 Å². The van der Waals surface area contributed by atoms with Gasteiger partial charge in [-0.2, -0.15) is 0 Å². The molecule has 0 aromatic heterocycles. The highest BCUT2D eigenvalue weighted by Crippen LogP contribution is 2.30. The fourth-order valence-corrected chi connectivity index (χ4v) is 2.23. The monoisotopic (exact) mass is 194 g/mol. The lowest BCUT2D eigenvalue weighted by Crippen LogP contribution is -2.39. The van der Waals surface area contributed by atoms with E-state index in [1.807, 2.05) is 0 Å². The predicted molar refractivity (Wildman–Crippen MR) is 61.2 cm³/mol. The average Bonchev–Trinajstić information content (AvgIpc) is 2.66. The number of terminal acetylenes is 1. The van der Waals surface area contributed by atoms with Gasteiger partial charge in [-0.15, -0.1) is 6.42 Å². The van der Waals surface area contributed by atoms with Gasteiger partial charge in [-0.1, -0.05) is 19.8 Å². The molecule has 0 aromatic rings. The second kappa shape index (κ2) is 5.38. The van der Waals surface area contributed by atoms with Gasteiger partial charge in [-0.05, 0) is 31.3 Å². The second-order valence-electron chi connectivity index (χ2n) is 4.29. The van der Waals surface area contributed by atoms with Crippen molar-refractivity contribution in [3.63, 3.8) is 0 Å². The molecule has 2 nitrogen and oxygen atoms in total. The molecule has 1 fully saturated rings. The van der Waals surface area contributed by atoms with Gasteiger partial charge in [-0.25, -0.2) is 0 Å². The molecule has 0 aliphatic carbocycles. The van der Waals surface area contributed by atoms with Crippen LogP contribution in [0.5, 0.6) is 0 Å². The van der Waals surface area contributed by atoms with E-state index in [0.717, 1.165) is 26.2 Å². The van der Waals surface area contributed by atoms with Crippen molar-refractivity contribution in [3.8, 4) is 12.3 Å². The van der Waals surface area contributed by atoms with Crippen LogP contribution < -0.4 is 5.32 Å². The normalized spacial score (nSPS) is 26.7. The summed E-state index contributed by atoms with van der Waals surface area (Å²) in [6, 6.07) is 0. The fraction of sp³-hybridized carbons (Fsp3) is 0.833. The maximum Gasteiger partial charge on any atom is 0.0599 e. The van der Waals surface area contributed by atoms with Crippen LogP contribution in [0.15, 0.2) is 0 Å². The van der Waals surface area contributed by atoms with Crippen LogP contribution in [0, 0.1) is 17.8 Å². The summed E-state index contributed by atoms with van der Waals surface area (Å²) in [6.07, 6.45) is 7.90. The van der Waals surface area contributed by atoms with E-state index < -0.39 is 0 Å². The van der Waals surface area contributed by atoms with Gasteiger partial charge in [0.25, 0.3) is 0 Å². The van der Waals surface area contributed by atoms with Crippen molar-refractivity contribution in [1.29, 1.82) is 0 Å². The van der Waals surface area contributed by atoms with Crippen LogP contribution >= 0.6 is 0 Å². The molecule has 1 aliphatic rings. The number of nitrogens with one attached hydrogen (secondary N) is 1. The van der Waals surface area contributed by atoms with Crippen molar-refractivity contribution < 1.29 is 0 Å². The molecule has 1 unspecified atom stereocenters. The van der Waals surface area contributed by atoms with Gasteiger partial charge >= 0.3 is 0 Å². The minimum Gasteiger partial charge on any atom is -0.316 e. The minimum absolute atomic E-state index is 0.479. The molecule has 1 N–H and O–H groups in total. The summed E-state index contributed by atoms with van der Waals surface area (Å²) in [7, 11) is 0. The molecule has 2 heteroatoms. The van der Waals surface area contributed by atoms with Crippen LogP contribution in [0.4, 0.5) is 0 Å². The maximum atomic E-state index is 5.36. The van der Waals surface area contributed by atoms with Crippen molar-refractivity contribution in [2.45, 2.75) is 26.7 Å². The molecule has 0 saturated carbocycles. The molecule has 14 heavy (non-hydrogen) atoms. The van der Waals surface area contributed by atoms with Crippen molar-refractivity contribution in [2.75, 3.05) is 32.7 Å². The molecule has 80 valence electrons. The molecule has 0 amide bonds. The van der Waals surface area contributed by atoms with Crippen LogP contribution in [-0.2, 0) is 0 Å². The first-order valence-electron chi connectivity index (χ1n) is 5.63. The second-order valence-corrected chi connectivity index (χ2v) is 4.29. The summed E-state index contributed by atoms with van der Waals surface area (Å²) in [4.78, 5) is 2.37. The van der Waals surface area contributed by atoms with E-state index in [1.165, 1.54) is 19.4 Å². The third-order valence-corrected chi connectivity index (χ3v) is 3.40. The SMILES string of the molecule is C#CCN(CC)CC1(CC)CCNC1. The van der Waals surface area contributed by atoms with Crippen LogP contribution in [0.25, 0.3) is 0 Å². The first-order chi connectivity index (χ1) is 6.76. The molecule has 1 heterocycles. The van der Waals surface area contributed by atoms with Gasteiger partial charge in [0.2, 0.25) is 0 Å². The lowest BCUT2D eigenvalue weighted by molar-refractivity contribution is 0.179. The van der Waals surface area contributed by atoms with E-state index in [-0.39, 0.29) is 0 Å². The van der Waals surface area contributed by atoms with Gasteiger partial charge < -0.3 is 5.32 Å². The quantitative estimate of drug-likeness (QED) is 0.664. The van der Waals surface area contributed by atoms with Crippen LogP contribution in [0.1, 0.15) is 26.7 Å². The van der Waals surface area contributed by atoms with Crippen LogP contribution in [0.3, 0.4) is 0 Å². The van der Waals surface area contributed by atoms with Gasteiger partial charge in [0.1, 0.15) is 0 Å². The van der Waals surface area contributed by atoms with E-state index in [2.05, 4.69) is 30.0 Å². The molecule has 0 spiro atoms. The number of rotatable bonds is 5. The molecular formula is C12H22N2. The average molecular weight is 194 g/mol. The summed E-state index contributed by atoms with van der Waals surface area (Å²) < 4.78 is 0. The molecule has 0 radical (unpaired) electrons. The fourth-order valence-electron chi connectivity index (χ4n) is 2.23. The van der Waals surface area contributed by atoms with E-state index in [4.69, 9.17) is 6.42 Å². The summed E-state index contributed by atoms with van der Waals surface area (Å²) in [5, 5.41) is 3.46. The number of hydrogen-bond donors (Lipinski definition) is 1. The van der Waals surface area contributed by atoms with Crippen molar-refractivity contribution in [2.24, 2.45) is 5.41 Å². The number of nitrogens with zero attached hydrogens (tertiary/aromatic N) is 1. The van der Waals surface area contributed by atoms with Gasteiger partial charge in [0, 0.05) is 13.1 Å². The minimum atomic E-state index is 0.479. The lowest BCUT2D eigenvalue weighted by atomic mass is 9.83. The van der Waals surface area contributed by atoms with Crippen LogP contribution in [0.2, 0.25) is 0 Å².